The maximum absolute atomic E-state index is 13.0. The van der Waals surface area contributed by atoms with Crippen molar-refractivity contribution in [2.24, 2.45) is 11.7 Å². The quantitative estimate of drug-likeness (QED) is 0.686. The molecule has 17 heavy (non-hydrogen) atoms. The summed E-state index contributed by atoms with van der Waals surface area (Å²) >= 11 is 0. The van der Waals surface area contributed by atoms with Crippen molar-refractivity contribution in [1.29, 1.82) is 0 Å². The maximum atomic E-state index is 13.0. The van der Waals surface area contributed by atoms with Gasteiger partial charge in [0, 0.05) is 57.3 Å². The Morgan fingerprint density at radius 1 is 1.18 bits per heavy atom. The number of alkyl halides is 2. The summed E-state index contributed by atoms with van der Waals surface area (Å²) in [5.41, 5.74) is 6.02. The fourth-order valence-electron chi connectivity index (χ4n) is 2.88. The van der Waals surface area contributed by atoms with Crippen molar-refractivity contribution in [1.82, 2.24) is 15.1 Å². The van der Waals surface area contributed by atoms with E-state index in [4.69, 9.17) is 5.73 Å². The number of halogens is 2. The minimum absolute atomic E-state index is 0.176. The summed E-state index contributed by atoms with van der Waals surface area (Å²) < 4.78 is 26.1. The molecule has 0 bridgehead atoms. The molecule has 0 saturated carbocycles. The van der Waals surface area contributed by atoms with Crippen LogP contribution in [0.3, 0.4) is 0 Å². The van der Waals surface area contributed by atoms with E-state index in [1.165, 1.54) is 0 Å². The van der Waals surface area contributed by atoms with Crippen molar-refractivity contribution in [3.8, 4) is 0 Å². The highest BCUT2D eigenvalue weighted by molar-refractivity contribution is 4.96. The van der Waals surface area contributed by atoms with Crippen LogP contribution in [0.4, 0.5) is 8.78 Å². The molecule has 2 aliphatic rings. The van der Waals surface area contributed by atoms with Crippen molar-refractivity contribution in [3.63, 3.8) is 0 Å². The summed E-state index contributed by atoms with van der Waals surface area (Å²) in [5.74, 6) is -0.637. The average molecular weight is 248 g/mol. The molecule has 2 saturated heterocycles. The lowest BCUT2D eigenvalue weighted by Crippen LogP contribution is -2.65. The van der Waals surface area contributed by atoms with Gasteiger partial charge in [-0.2, -0.15) is 0 Å². The molecule has 2 aliphatic heterocycles. The van der Waals surface area contributed by atoms with E-state index in [9.17, 15) is 8.78 Å². The van der Waals surface area contributed by atoms with Crippen molar-refractivity contribution >= 4 is 0 Å². The third-order valence-electron chi connectivity index (χ3n) is 3.92. The Kier molecular flexibility index (Phi) is 4.30. The zero-order valence-electron chi connectivity index (χ0n) is 10.3. The highest BCUT2D eigenvalue weighted by atomic mass is 19.3. The summed E-state index contributed by atoms with van der Waals surface area (Å²) in [6.45, 7) is 4.58. The third-order valence-corrected chi connectivity index (χ3v) is 3.92. The molecule has 0 radical (unpaired) electrons. The molecule has 4 nitrogen and oxygen atoms in total. The van der Waals surface area contributed by atoms with E-state index in [0.29, 0.717) is 13.1 Å². The molecule has 0 aliphatic carbocycles. The largest absolute Gasteiger partial charge is 0.325 e. The van der Waals surface area contributed by atoms with Gasteiger partial charge in [0.25, 0.3) is 0 Å². The first kappa shape index (κ1) is 13.1. The number of nitrogens with zero attached hydrogens (tertiary/aromatic N) is 2. The smallest absolute Gasteiger partial charge is 0.244 e. The first-order valence-electron chi connectivity index (χ1n) is 6.26. The van der Waals surface area contributed by atoms with E-state index < -0.39 is 12.3 Å². The second kappa shape index (κ2) is 5.56. The number of nitrogens with two attached hydrogens (primary N) is 1. The van der Waals surface area contributed by atoms with Gasteiger partial charge in [-0.1, -0.05) is 0 Å². The van der Waals surface area contributed by atoms with Crippen LogP contribution in [0.25, 0.3) is 0 Å². The molecule has 0 aromatic carbocycles. The number of piperidine rings is 1. The summed E-state index contributed by atoms with van der Waals surface area (Å²) in [7, 11) is 2.06. The molecule has 2 rings (SSSR count). The first-order chi connectivity index (χ1) is 8.09. The maximum Gasteiger partial charge on any atom is 0.244 e. The predicted octanol–water partition coefficient (Wildman–Crippen LogP) is -0.586. The van der Waals surface area contributed by atoms with Gasteiger partial charge < -0.3 is 16.0 Å². The van der Waals surface area contributed by atoms with Crippen LogP contribution in [0.1, 0.15) is 0 Å². The van der Waals surface area contributed by atoms with Gasteiger partial charge in [-0.15, -0.1) is 0 Å². The Hall–Kier alpha value is -0.300. The fourth-order valence-corrected chi connectivity index (χ4v) is 2.88. The molecule has 3 unspecified atom stereocenters. The van der Waals surface area contributed by atoms with Gasteiger partial charge in [0.1, 0.15) is 0 Å². The molecule has 3 atom stereocenters. The normalized spacial score (nSPS) is 37.6. The zero-order valence-corrected chi connectivity index (χ0v) is 10.3. The summed E-state index contributed by atoms with van der Waals surface area (Å²) in [6, 6.07) is -0.365. The number of piperazine rings is 1. The Labute approximate surface area is 101 Å². The van der Waals surface area contributed by atoms with Crippen molar-refractivity contribution in [2.75, 3.05) is 46.3 Å². The van der Waals surface area contributed by atoms with Crippen LogP contribution in [-0.2, 0) is 0 Å². The fraction of sp³-hybridized carbons (Fsp3) is 1.00. The number of hydrogen-bond acceptors (Lipinski definition) is 4. The number of likely N-dealkylation sites (N-methyl/N-ethyl adjacent to an activating group) is 1. The molecule has 0 aromatic heterocycles. The van der Waals surface area contributed by atoms with Crippen LogP contribution in [-0.4, -0.2) is 74.6 Å². The zero-order chi connectivity index (χ0) is 12.4. The minimum atomic E-state index is -2.29. The molecule has 100 valence electrons. The van der Waals surface area contributed by atoms with Crippen molar-refractivity contribution in [3.05, 3.63) is 0 Å². The lowest BCUT2D eigenvalue weighted by Gasteiger charge is -2.46. The Morgan fingerprint density at radius 2 is 1.82 bits per heavy atom. The second-order valence-corrected chi connectivity index (χ2v) is 5.15. The van der Waals surface area contributed by atoms with Gasteiger partial charge in [-0.25, -0.2) is 8.78 Å². The highest BCUT2D eigenvalue weighted by Gasteiger charge is 2.40. The molecular weight excluding hydrogens is 226 g/mol. The molecule has 6 heteroatoms. The van der Waals surface area contributed by atoms with Gasteiger partial charge in [0.15, 0.2) is 0 Å². The van der Waals surface area contributed by atoms with E-state index in [-0.39, 0.29) is 12.1 Å². The average Bonchev–Trinajstić information content (AvgIpc) is 2.30. The third kappa shape index (κ3) is 2.93. The number of hydrogen-bond donors (Lipinski definition) is 2. The molecule has 2 fully saturated rings. The van der Waals surface area contributed by atoms with Crippen LogP contribution in [0, 0.1) is 5.92 Å². The van der Waals surface area contributed by atoms with Crippen LogP contribution in [0.2, 0.25) is 0 Å². The van der Waals surface area contributed by atoms with Gasteiger partial charge in [0.2, 0.25) is 6.43 Å². The molecule has 0 spiro atoms. The topological polar surface area (TPSA) is 44.5 Å². The standard InChI is InChI=1S/C11H22F2N4/c1-16-2-4-17(5-3-16)10-8(11(12)13)6-15-7-9(10)14/h8-11,15H,2-7,14H2,1H3. The summed E-state index contributed by atoms with van der Waals surface area (Å²) in [6.07, 6.45) is -2.29. The molecule has 0 aromatic rings. The molecule has 3 N–H and O–H groups in total. The van der Waals surface area contributed by atoms with E-state index in [2.05, 4.69) is 22.2 Å². The predicted molar refractivity (Wildman–Crippen MR) is 63.2 cm³/mol. The molecule has 0 amide bonds. The SMILES string of the molecule is CN1CCN(C2C(N)CNCC2C(F)F)CC1. The van der Waals surface area contributed by atoms with Crippen molar-refractivity contribution < 1.29 is 8.78 Å². The van der Waals surface area contributed by atoms with E-state index in [0.717, 1.165) is 26.2 Å². The van der Waals surface area contributed by atoms with E-state index in [1.807, 2.05) is 0 Å². The number of nitrogens with one attached hydrogen (secondary N) is 1. The van der Waals surface area contributed by atoms with Crippen LogP contribution in [0.15, 0.2) is 0 Å². The summed E-state index contributed by atoms with van der Waals surface area (Å²) in [4.78, 5) is 4.38. The van der Waals surface area contributed by atoms with Gasteiger partial charge >= 0.3 is 0 Å². The van der Waals surface area contributed by atoms with Gasteiger partial charge in [-0.05, 0) is 7.05 Å². The van der Waals surface area contributed by atoms with Gasteiger partial charge in [-0.3, -0.25) is 4.90 Å². The number of rotatable bonds is 2. The lowest BCUT2D eigenvalue weighted by molar-refractivity contribution is -0.0214. The Morgan fingerprint density at radius 3 is 2.41 bits per heavy atom. The van der Waals surface area contributed by atoms with Crippen molar-refractivity contribution in [2.45, 2.75) is 18.5 Å². The highest BCUT2D eigenvalue weighted by Crippen LogP contribution is 2.24. The van der Waals surface area contributed by atoms with Crippen LogP contribution >= 0.6 is 0 Å². The molecule has 2 heterocycles. The van der Waals surface area contributed by atoms with E-state index in [1.54, 1.807) is 0 Å². The first-order valence-corrected chi connectivity index (χ1v) is 6.26. The minimum Gasteiger partial charge on any atom is -0.325 e. The van der Waals surface area contributed by atoms with Crippen LogP contribution < -0.4 is 11.1 Å². The monoisotopic (exact) mass is 248 g/mol. The molecular formula is C11H22F2N4. The van der Waals surface area contributed by atoms with E-state index >= 15 is 0 Å². The second-order valence-electron chi connectivity index (χ2n) is 5.15. The lowest BCUT2D eigenvalue weighted by atomic mass is 9.88. The summed E-state index contributed by atoms with van der Waals surface area (Å²) in [5, 5.41) is 3.00. The van der Waals surface area contributed by atoms with Crippen LogP contribution in [0.5, 0.6) is 0 Å². The Balaban J connectivity index is 2.03. The van der Waals surface area contributed by atoms with Gasteiger partial charge in [0.05, 0.1) is 0 Å². The Bertz CT molecular complexity index is 244.